The summed E-state index contributed by atoms with van der Waals surface area (Å²) >= 11 is 3.23. The van der Waals surface area contributed by atoms with E-state index < -0.39 is 15.4 Å². The third-order valence-corrected chi connectivity index (χ3v) is 5.27. The number of anilines is 1. The van der Waals surface area contributed by atoms with Gasteiger partial charge in [-0.2, -0.15) is 0 Å². The first kappa shape index (κ1) is 15.4. The number of primary sulfonamides is 1. The predicted molar refractivity (Wildman–Crippen MR) is 79.5 cm³/mol. The van der Waals surface area contributed by atoms with Crippen molar-refractivity contribution < 1.29 is 13.2 Å². The minimum absolute atomic E-state index is 0.0143. The number of hydrogen-bond donors (Lipinski definition) is 3. The number of benzene rings is 1. The first-order chi connectivity index (χ1) is 9.28. The summed E-state index contributed by atoms with van der Waals surface area (Å²) in [6.07, 6.45) is 2.56. The Labute approximate surface area is 126 Å². The number of sulfonamides is 1. The molecule has 1 aliphatic carbocycles. The van der Waals surface area contributed by atoms with E-state index in [0.717, 1.165) is 19.3 Å². The van der Waals surface area contributed by atoms with Gasteiger partial charge in [0.2, 0.25) is 15.9 Å². The van der Waals surface area contributed by atoms with Crippen LogP contribution in [0.5, 0.6) is 0 Å². The molecule has 0 saturated heterocycles. The molecule has 1 fully saturated rings. The maximum Gasteiger partial charge on any atom is 0.238 e. The molecule has 0 spiro atoms. The minimum Gasteiger partial charge on any atom is -0.329 e. The maximum absolute atomic E-state index is 12.2. The van der Waals surface area contributed by atoms with Gasteiger partial charge in [0.1, 0.15) is 0 Å². The van der Waals surface area contributed by atoms with Crippen LogP contribution >= 0.6 is 15.9 Å². The second kappa shape index (κ2) is 5.44. The summed E-state index contributed by atoms with van der Waals surface area (Å²) in [6.45, 7) is 0.311. The van der Waals surface area contributed by atoms with Crippen LogP contribution in [0, 0.1) is 5.41 Å². The van der Waals surface area contributed by atoms with Crippen LogP contribution < -0.4 is 16.2 Å². The van der Waals surface area contributed by atoms with Crippen molar-refractivity contribution in [3.8, 4) is 0 Å². The Balaban J connectivity index is 2.21. The van der Waals surface area contributed by atoms with Gasteiger partial charge in [0, 0.05) is 11.0 Å². The van der Waals surface area contributed by atoms with E-state index in [1.165, 1.54) is 18.2 Å². The van der Waals surface area contributed by atoms with Crippen LogP contribution in [-0.4, -0.2) is 20.9 Å². The van der Waals surface area contributed by atoms with E-state index in [2.05, 4.69) is 21.2 Å². The van der Waals surface area contributed by atoms with Crippen molar-refractivity contribution in [2.75, 3.05) is 11.9 Å². The number of carbonyl (C=O) groups excluding carboxylic acids is 1. The molecule has 0 heterocycles. The second-order valence-electron chi connectivity index (χ2n) is 4.98. The lowest BCUT2D eigenvalue weighted by molar-refractivity contribution is -0.129. The van der Waals surface area contributed by atoms with Crippen LogP contribution in [0.2, 0.25) is 0 Å². The first-order valence-corrected chi connectivity index (χ1v) is 8.46. The standard InChI is InChI=1S/C12H16BrN3O3S/c13-9-6-8(20(15,18)19)2-3-10(9)16-11(17)12(7-14)4-1-5-12/h2-3,6H,1,4-5,7,14H2,(H,16,17)(H2,15,18,19). The molecule has 0 bridgehead atoms. The van der Waals surface area contributed by atoms with Crippen molar-refractivity contribution in [3.63, 3.8) is 0 Å². The molecule has 8 heteroatoms. The summed E-state index contributed by atoms with van der Waals surface area (Å²) in [4.78, 5) is 12.2. The second-order valence-corrected chi connectivity index (χ2v) is 7.39. The van der Waals surface area contributed by atoms with Gasteiger partial charge in [-0.1, -0.05) is 6.42 Å². The molecule has 0 unspecified atom stereocenters. The van der Waals surface area contributed by atoms with Gasteiger partial charge in [-0.25, -0.2) is 13.6 Å². The van der Waals surface area contributed by atoms with Crippen molar-refractivity contribution in [1.29, 1.82) is 0 Å². The van der Waals surface area contributed by atoms with E-state index in [9.17, 15) is 13.2 Å². The van der Waals surface area contributed by atoms with E-state index in [0.29, 0.717) is 16.7 Å². The van der Waals surface area contributed by atoms with E-state index in [1.54, 1.807) is 0 Å². The zero-order valence-electron chi connectivity index (χ0n) is 10.7. The Morgan fingerprint density at radius 1 is 1.40 bits per heavy atom. The average Bonchev–Trinajstić information content (AvgIpc) is 2.29. The quantitative estimate of drug-likeness (QED) is 0.745. The molecule has 1 aliphatic rings. The monoisotopic (exact) mass is 361 g/mol. The maximum atomic E-state index is 12.2. The van der Waals surface area contributed by atoms with Crippen molar-refractivity contribution in [2.24, 2.45) is 16.3 Å². The molecule has 6 nitrogen and oxygen atoms in total. The highest BCUT2D eigenvalue weighted by molar-refractivity contribution is 9.10. The largest absolute Gasteiger partial charge is 0.329 e. The number of rotatable bonds is 4. The van der Waals surface area contributed by atoms with Gasteiger partial charge in [-0.15, -0.1) is 0 Å². The topological polar surface area (TPSA) is 115 Å². The molecule has 0 aromatic heterocycles. The Kier molecular flexibility index (Phi) is 4.19. The number of carbonyl (C=O) groups is 1. The molecular formula is C12H16BrN3O3S. The fourth-order valence-corrected chi connectivity index (χ4v) is 3.33. The summed E-state index contributed by atoms with van der Waals surface area (Å²) in [6, 6.07) is 4.22. The van der Waals surface area contributed by atoms with Crippen molar-refractivity contribution in [1.82, 2.24) is 0 Å². The van der Waals surface area contributed by atoms with Gasteiger partial charge < -0.3 is 11.1 Å². The van der Waals surface area contributed by atoms with Gasteiger partial charge >= 0.3 is 0 Å². The first-order valence-electron chi connectivity index (χ1n) is 6.12. The average molecular weight is 362 g/mol. The third kappa shape index (κ3) is 2.88. The normalized spacial score (nSPS) is 17.4. The van der Waals surface area contributed by atoms with Gasteiger partial charge in [0.15, 0.2) is 0 Å². The van der Waals surface area contributed by atoms with Gasteiger partial charge in [0.05, 0.1) is 16.0 Å². The molecule has 20 heavy (non-hydrogen) atoms. The Morgan fingerprint density at radius 3 is 2.45 bits per heavy atom. The molecule has 5 N–H and O–H groups in total. The molecule has 0 atom stereocenters. The summed E-state index contributed by atoms with van der Waals surface area (Å²) in [5.41, 5.74) is 5.69. The summed E-state index contributed by atoms with van der Waals surface area (Å²) in [5, 5.41) is 7.83. The molecule has 1 aromatic rings. The third-order valence-electron chi connectivity index (χ3n) is 3.70. The van der Waals surface area contributed by atoms with Crippen LogP contribution in [0.1, 0.15) is 19.3 Å². The highest BCUT2D eigenvalue weighted by Gasteiger charge is 2.42. The van der Waals surface area contributed by atoms with Gasteiger partial charge in [0.25, 0.3) is 0 Å². The fourth-order valence-electron chi connectivity index (χ4n) is 2.16. The van der Waals surface area contributed by atoms with E-state index in [1.807, 2.05) is 0 Å². The highest BCUT2D eigenvalue weighted by atomic mass is 79.9. The summed E-state index contributed by atoms with van der Waals surface area (Å²) < 4.78 is 22.9. The van der Waals surface area contributed by atoms with Crippen LogP contribution in [-0.2, 0) is 14.8 Å². The number of nitrogens with one attached hydrogen (secondary N) is 1. The molecule has 0 radical (unpaired) electrons. The van der Waals surface area contributed by atoms with Crippen molar-refractivity contribution in [3.05, 3.63) is 22.7 Å². The Bertz CT molecular complexity index is 636. The smallest absolute Gasteiger partial charge is 0.238 e. The van der Waals surface area contributed by atoms with E-state index in [-0.39, 0.29) is 10.8 Å². The van der Waals surface area contributed by atoms with Crippen molar-refractivity contribution >= 4 is 37.5 Å². The van der Waals surface area contributed by atoms with Crippen LogP contribution in [0.15, 0.2) is 27.6 Å². The molecule has 1 aromatic carbocycles. The SMILES string of the molecule is NCC1(C(=O)Nc2ccc(S(N)(=O)=O)cc2Br)CCC1. The zero-order chi connectivity index (χ0) is 15.0. The van der Waals surface area contributed by atoms with Gasteiger partial charge in [-0.05, 0) is 47.0 Å². The molecular weight excluding hydrogens is 346 g/mol. The number of halogens is 1. The summed E-state index contributed by atoms with van der Waals surface area (Å²) in [5.74, 6) is -0.129. The van der Waals surface area contributed by atoms with E-state index in [4.69, 9.17) is 10.9 Å². The fraction of sp³-hybridized carbons (Fsp3) is 0.417. The lowest BCUT2D eigenvalue weighted by atomic mass is 9.68. The molecule has 2 rings (SSSR count). The lowest BCUT2D eigenvalue weighted by Gasteiger charge is -2.39. The molecule has 0 aliphatic heterocycles. The Morgan fingerprint density at radius 2 is 2.05 bits per heavy atom. The van der Waals surface area contributed by atoms with Crippen molar-refractivity contribution in [2.45, 2.75) is 24.2 Å². The molecule has 110 valence electrons. The summed E-state index contributed by atoms with van der Waals surface area (Å²) in [7, 11) is -3.76. The number of hydrogen-bond acceptors (Lipinski definition) is 4. The lowest BCUT2D eigenvalue weighted by Crippen LogP contribution is -2.47. The van der Waals surface area contributed by atoms with E-state index >= 15 is 0 Å². The minimum atomic E-state index is -3.76. The van der Waals surface area contributed by atoms with Crippen LogP contribution in [0.25, 0.3) is 0 Å². The Hall–Kier alpha value is -0.960. The van der Waals surface area contributed by atoms with Crippen LogP contribution in [0.4, 0.5) is 5.69 Å². The number of amides is 1. The zero-order valence-corrected chi connectivity index (χ0v) is 13.1. The predicted octanol–water partition coefficient (Wildman–Crippen LogP) is 1.16. The van der Waals surface area contributed by atoms with Gasteiger partial charge in [-0.3, -0.25) is 4.79 Å². The molecule has 1 saturated carbocycles. The number of nitrogens with two attached hydrogens (primary N) is 2. The molecule has 1 amide bonds. The van der Waals surface area contributed by atoms with Crippen LogP contribution in [0.3, 0.4) is 0 Å². The highest BCUT2D eigenvalue weighted by Crippen LogP contribution is 2.41.